The SMILES string of the molecule is CCOC(=O)C1([C@H]2CO2)CCCC1. The van der Waals surface area contributed by atoms with Crippen molar-refractivity contribution in [3.05, 3.63) is 0 Å². The molecule has 0 radical (unpaired) electrons. The molecule has 0 aromatic carbocycles. The average Bonchev–Trinajstić information content (AvgIpc) is 2.85. The Morgan fingerprint density at radius 2 is 2.15 bits per heavy atom. The molecule has 1 saturated carbocycles. The Kier molecular flexibility index (Phi) is 2.28. The first-order chi connectivity index (χ1) is 6.29. The van der Waals surface area contributed by atoms with Crippen LogP contribution in [0, 0.1) is 5.41 Å². The Labute approximate surface area is 78.4 Å². The molecule has 2 fully saturated rings. The van der Waals surface area contributed by atoms with Gasteiger partial charge in [-0.05, 0) is 19.8 Å². The molecule has 0 aromatic rings. The van der Waals surface area contributed by atoms with E-state index >= 15 is 0 Å². The maximum atomic E-state index is 11.7. The van der Waals surface area contributed by atoms with Crippen molar-refractivity contribution in [2.24, 2.45) is 5.41 Å². The van der Waals surface area contributed by atoms with Crippen molar-refractivity contribution in [1.29, 1.82) is 0 Å². The molecule has 1 atom stereocenters. The molecular weight excluding hydrogens is 168 g/mol. The number of carbonyl (C=O) groups excluding carboxylic acids is 1. The van der Waals surface area contributed by atoms with Gasteiger partial charge in [0.2, 0.25) is 0 Å². The van der Waals surface area contributed by atoms with E-state index < -0.39 is 0 Å². The highest BCUT2D eigenvalue weighted by atomic mass is 16.6. The molecule has 0 aromatic heterocycles. The van der Waals surface area contributed by atoms with Crippen LogP contribution in [0.25, 0.3) is 0 Å². The van der Waals surface area contributed by atoms with Crippen LogP contribution in [0.1, 0.15) is 32.6 Å². The highest BCUT2D eigenvalue weighted by molar-refractivity contribution is 5.78. The molecule has 2 rings (SSSR count). The van der Waals surface area contributed by atoms with Crippen LogP contribution in [0.5, 0.6) is 0 Å². The van der Waals surface area contributed by atoms with E-state index in [9.17, 15) is 4.79 Å². The van der Waals surface area contributed by atoms with E-state index in [4.69, 9.17) is 9.47 Å². The summed E-state index contributed by atoms with van der Waals surface area (Å²) in [5, 5.41) is 0. The second-order valence-corrected chi connectivity index (χ2v) is 3.91. The lowest BCUT2D eigenvalue weighted by atomic mass is 9.83. The lowest BCUT2D eigenvalue weighted by molar-refractivity contribution is -0.156. The van der Waals surface area contributed by atoms with E-state index in [2.05, 4.69) is 0 Å². The van der Waals surface area contributed by atoms with Crippen LogP contribution in [0.15, 0.2) is 0 Å². The normalized spacial score (nSPS) is 30.1. The number of rotatable bonds is 3. The van der Waals surface area contributed by atoms with Gasteiger partial charge in [-0.25, -0.2) is 0 Å². The Morgan fingerprint density at radius 3 is 2.62 bits per heavy atom. The highest BCUT2D eigenvalue weighted by Crippen LogP contribution is 2.47. The third kappa shape index (κ3) is 1.46. The zero-order chi connectivity index (χ0) is 9.31. The first-order valence-corrected chi connectivity index (χ1v) is 5.08. The van der Waals surface area contributed by atoms with E-state index in [0.717, 1.165) is 32.3 Å². The summed E-state index contributed by atoms with van der Waals surface area (Å²) in [6.45, 7) is 3.08. The van der Waals surface area contributed by atoms with Gasteiger partial charge in [-0.1, -0.05) is 12.8 Å². The molecule has 3 heteroatoms. The molecule has 0 bridgehead atoms. The van der Waals surface area contributed by atoms with Gasteiger partial charge >= 0.3 is 5.97 Å². The van der Waals surface area contributed by atoms with Gasteiger partial charge in [-0.2, -0.15) is 0 Å². The number of hydrogen-bond acceptors (Lipinski definition) is 3. The van der Waals surface area contributed by atoms with Gasteiger partial charge in [0.05, 0.1) is 24.7 Å². The maximum Gasteiger partial charge on any atom is 0.314 e. The van der Waals surface area contributed by atoms with Gasteiger partial charge in [0, 0.05) is 0 Å². The van der Waals surface area contributed by atoms with Crippen LogP contribution >= 0.6 is 0 Å². The molecule has 1 saturated heterocycles. The number of esters is 1. The molecule has 1 aliphatic heterocycles. The van der Waals surface area contributed by atoms with E-state index in [1.807, 2.05) is 6.92 Å². The molecule has 13 heavy (non-hydrogen) atoms. The molecule has 0 N–H and O–H groups in total. The van der Waals surface area contributed by atoms with Crippen molar-refractivity contribution < 1.29 is 14.3 Å². The summed E-state index contributed by atoms with van der Waals surface area (Å²) in [6.07, 6.45) is 4.35. The summed E-state index contributed by atoms with van der Waals surface area (Å²) in [4.78, 5) is 11.7. The van der Waals surface area contributed by atoms with Gasteiger partial charge in [0.25, 0.3) is 0 Å². The van der Waals surface area contributed by atoms with E-state index in [0.29, 0.717) is 6.61 Å². The van der Waals surface area contributed by atoms with Crippen LogP contribution in [0.4, 0.5) is 0 Å². The molecule has 2 aliphatic rings. The maximum absolute atomic E-state index is 11.7. The monoisotopic (exact) mass is 184 g/mol. The molecule has 0 unspecified atom stereocenters. The first kappa shape index (κ1) is 9.00. The summed E-state index contributed by atoms with van der Waals surface area (Å²) in [6, 6.07) is 0. The van der Waals surface area contributed by atoms with Crippen LogP contribution in [-0.4, -0.2) is 25.3 Å². The minimum Gasteiger partial charge on any atom is -0.465 e. The Hall–Kier alpha value is -0.570. The van der Waals surface area contributed by atoms with Gasteiger partial charge in [0.15, 0.2) is 0 Å². The summed E-state index contributed by atoms with van der Waals surface area (Å²) < 4.78 is 10.4. The van der Waals surface area contributed by atoms with E-state index in [1.54, 1.807) is 0 Å². The molecule has 0 spiro atoms. The van der Waals surface area contributed by atoms with Crippen LogP contribution < -0.4 is 0 Å². The number of carbonyl (C=O) groups is 1. The number of epoxide rings is 1. The fraction of sp³-hybridized carbons (Fsp3) is 0.900. The average molecular weight is 184 g/mol. The molecule has 1 aliphatic carbocycles. The third-order valence-corrected chi connectivity index (χ3v) is 3.13. The molecule has 74 valence electrons. The van der Waals surface area contributed by atoms with Crippen molar-refractivity contribution in [3.8, 4) is 0 Å². The van der Waals surface area contributed by atoms with Gasteiger partial charge in [0.1, 0.15) is 0 Å². The quantitative estimate of drug-likeness (QED) is 0.493. The minimum absolute atomic E-state index is 0.0324. The summed E-state index contributed by atoms with van der Waals surface area (Å²) in [5.74, 6) is -0.0324. The van der Waals surface area contributed by atoms with Gasteiger partial charge < -0.3 is 9.47 Å². The highest BCUT2D eigenvalue weighted by Gasteiger charge is 2.54. The van der Waals surface area contributed by atoms with Crippen LogP contribution in [0.2, 0.25) is 0 Å². The predicted molar refractivity (Wildman–Crippen MR) is 47.3 cm³/mol. The van der Waals surface area contributed by atoms with Crippen molar-refractivity contribution in [1.82, 2.24) is 0 Å². The Balaban J connectivity index is 2.07. The topological polar surface area (TPSA) is 38.8 Å². The Bertz CT molecular complexity index is 202. The zero-order valence-electron chi connectivity index (χ0n) is 8.04. The molecular formula is C10H16O3. The number of ether oxygens (including phenoxy) is 2. The lowest BCUT2D eigenvalue weighted by Crippen LogP contribution is -2.35. The fourth-order valence-electron chi connectivity index (χ4n) is 2.31. The Morgan fingerprint density at radius 1 is 1.54 bits per heavy atom. The second kappa shape index (κ2) is 3.29. The summed E-state index contributed by atoms with van der Waals surface area (Å²) in [5.41, 5.74) is -0.268. The fourth-order valence-corrected chi connectivity index (χ4v) is 2.31. The summed E-state index contributed by atoms with van der Waals surface area (Å²) in [7, 11) is 0. The molecule has 3 nitrogen and oxygen atoms in total. The zero-order valence-corrected chi connectivity index (χ0v) is 8.04. The minimum atomic E-state index is -0.268. The van der Waals surface area contributed by atoms with Crippen molar-refractivity contribution >= 4 is 5.97 Å². The lowest BCUT2D eigenvalue weighted by Gasteiger charge is -2.23. The van der Waals surface area contributed by atoms with Crippen LogP contribution in [-0.2, 0) is 14.3 Å². The molecule has 0 amide bonds. The van der Waals surface area contributed by atoms with Crippen molar-refractivity contribution in [2.75, 3.05) is 13.2 Å². The third-order valence-electron chi connectivity index (χ3n) is 3.13. The van der Waals surface area contributed by atoms with E-state index in [-0.39, 0.29) is 17.5 Å². The summed E-state index contributed by atoms with van der Waals surface area (Å²) >= 11 is 0. The number of hydrogen-bond donors (Lipinski definition) is 0. The predicted octanol–water partition coefficient (Wildman–Crippen LogP) is 1.51. The molecule has 1 heterocycles. The van der Waals surface area contributed by atoms with Gasteiger partial charge in [-0.3, -0.25) is 4.79 Å². The van der Waals surface area contributed by atoms with Gasteiger partial charge in [-0.15, -0.1) is 0 Å². The smallest absolute Gasteiger partial charge is 0.314 e. The van der Waals surface area contributed by atoms with E-state index in [1.165, 1.54) is 0 Å². The van der Waals surface area contributed by atoms with Crippen molar-refractivity contribution in [3.63, 3.8) is 0 Å². The largest absolute Gasteiger partial charge is 0.465 e. The van der Waals surface area contributed by atoms with Crippen molar-refractivity contribution in [2.45, 2.75) is 38.7 Å². The van der Waals surface area contributed by atoms with Crippen LogP contribution in [0.3, 0.4) is 0 Å². The first-order valence-electron chi connectivity index (χ1n) is 5.08. The standard InChI is InChI=1S/C10H16O3/c1-2-12-9(11)10(8-7-13-8)5-3-4-6-10/h8H,2-7H2,1H3/t8-/m1/s1. The second-order valence-electron chi connectivity index (χ2n) is 3.91.